The molecule has 1 rings (SSSR count). The summed E-state index contributed by atoms with van der Waals surface area (Å²) in [5.74, 6) is 0. The van der Waals surface area contributed by atoms with Crippen LogP contribution in [0.5, 0.6) is 0 Å². The lowest BCUT2D eigenvalue weighted by atomic mass is 9.77. The summed E-state index contributed by atoms with van der Waals surface area (Å²) in [4.78, 5) is 0.469. The number of rotatable bonds is 1. The molecule has 0 bridgehead atoms. The van der Waals surface area contributed by atoms with E-state index in [0.29, 0.717) is 4.83 Å². The third-order valence-electron chi connectivity index (χ3n) is 2.55. The maximum absolute atomic E-state index is 6.30. The zero-order chi connectivity index (χ0) is 9.35. The molecule has 1 aliphatic carbocycles. The molecular formula is C10H14BrCl. The van der Waals surface area contributed by atoms with Crippen molar-refractivity contribution in [2.75, 3.05) is 0 Å². The SMILES string of the molecule is C=CC1=CCC(Br)C(C)(C)C1Cl. The highest BCUT2D eigenvalue weighted by Crippen LogP contribution is 2.43. The molecule has 0 saturated carbocycles. The van der Waals surface area contributed by atoms with Gasteiger partial charge in [0.05, 0.1) is 5.38 Å². The fourth-order valence-corrected chi connectivity index (χ4v) is 2.36. The van der Waals surface area contributed by atoms with Gasteiger partial charge >= 0.3 is 0 Å². The van der Waals surface area contributed by atoms with E-state index in [4.69, 9.17) is 11.6 Å². The summed E-state index contributed by atoms with van der Waals surface area (Å²) >= 11 is 9.94. The molecule has 68 valence electrons. The summed E-state index contributed by atoms with van der Waals surface area (Å²) < 4.78 is 0. The van der Waals surface area contributed by atoms with E-state index < -0.39 is 0 Å². The predicted molar refractivity (Wildman–Crippen MR) is 59.0 cm³/mol. The Morgan fingerprint density at radius 3 is 2.83 bits per heavy atom. The van der Waals surface area contributed by atoms with Gasteiger partial charge in [-0.25, -0.2) is 0 Å². The van der Waals surface area contributed by atoms with Crippen molar-refractivity contribution in [3.05, 3.63) is 24.3 Å². The minimum absolute atomic E-state index is 0.0770. The van der Waals surface area contributed by atoms with E-state index in [2.05, 4.69) is 42.4 Å². The predicted octanol–water partition coefficient (Wildman–Crippen LogP) is 3.90. The van der Waals surface area contributed by atoms with Crippen molar-refractivity contribution in [3.8, 4) is 0 Å². The van der Waals surface area contributed by atoms with E-state index in [1.165, 1.54) is 0 Å². The van der Waals surface area contributed by atoms with E-state index in [1.807, 2.05) is 6.08 Å². The van der Waals surface area contributed by atoms with Crippen LogP contribution < -0.4 is 0 Å². The quantitative estimate of drug-likeness (QED) is 0.618. The number of hydrogen-bond acceptors (Lipinski definition) is 0. The molecule has 0 radical (unpaired) electrons. The van der Waals surface area contributed by atoms with E-state index in [9.17, 15) is 0 Å². The highest BCUT2D eigenvalue weighted by atomic mass is 79.9. The lowest BCUT2D eigenvalue weighted by molar-refractivity contribution is 0.348. The Balaban J connectivity index is 2.95. The molecule has 2 unspecified atom stereocenters. The fraction of sp³-hybridized carbons (Fsp3) is 0.600. The van der Waals surface area contributed by atoms with Gasteiger partial charge in [0.1, 0.15) is 0 Å². The van der Waals surface area contributed by atoms with Gasteiger partial charge in [-0.3, -0.25) is 0 Å². The number of halogens is 2. The molecule has 1 aliphatic rings. The Kier molecular flexibility index (Phi) is 3.06. The van der Waals surface area contributed by atoms with Crippen LogP contribution in [0, 0.1) is 5.41 Å². The zero-order valence-electron chi connectivity index (χ0n) is 7.48. The van der Waals surface area contributed by atoms with Gasteiger partial charge in [-0.15, -0.1) is 11.6 Å². The van der Waals surface area contributed by atoms with Crippen LogP contribution in [-0.2, 0) is 0 Å². The molecule has 0 aliphatic heterocycles. The number of alkyl halides is 2. The molecule has 0 amide bonds. The standard InChI is InChI=1S/C10H14BrCl/c1-4-7-5-6-8(11)10(2,3)9(7)12/h4-5,8-9H,1,6H2,2-3H3. The zero-order valence-corrected chi connectivity index (χ0v) is 9.82. The lowest BCUT2D eigenvalue weighted by Gasteiger charge is -2.38. The summed E-state index contributed by atoms with van der Waals surface area (Å²) in [5, 5.41) is 0.0770. The van der Waals surface area contributed by atoms with Crippen molar-refractivity contribution in [2.45, 2.75) is 30.5 Å². The molecule has 0 spiro atoms. The molecule has 0 saturated heterocycles. The van der Waals surface area contributed by atoms with Crippen molar-refractivity contribution >= 4 is 27.5 Å². The van der Waals surface area contributed by atoms with Crippen LogP contribution in [0.15, 0.2) is 24.3 Å². The van der Waals surface area contributed by atoms with Gasteiger partial charge in [-0.2, -0.15) is 0 Å². The van der Waals surface area contributed by atoms with Crippen molar-refractivity contribution in [2.24, 2.45) is 5.41 Å². The topological polar surface area (TPSA) is 0 Å². The maximum atomic E-state index is 6.30. The molecule has 0 N–H and O–H groups in total. The van der Waals surface area contributed by atoms with E-state index in [0.717, 1.165) is 12.0 Å². The smallest absolute Gasteiger partial charge is 0.0643 e. The molecule has 0 nitrogen and oxygen atoms in total. The first kappa shape index (κ1) is 10.3. The van der Waals surface area contributed by atoms with Crippen LogP contribution in [0.4, 0.5) is 0 Å². The first-order valence-electron chi connectivity index (χ1n) is 4.10. The van der Waals surface area contributed by atoms with E-state index in [-0.39, 0.29) is 10.8 Å². The summed E-state index contributed by atoms with van der Waals surface area (Å²) in [6.45, 7) is 8.12. The molecule has 0 heterocycles. The highest BCUT2D eigenvalue weighted by molar-refractivity contribution is 9.09. The Morgan fingerprint density at radius 1 is 1.75 bits per heavy atom. The normalized spacial score (nSPS) is 34.2. The molecule has 2 heteroatoms. The van der Waals surface area contributed by atoms with Gasteiger partial charge in [0, 0.05) is 4.83 Å². The van der Waals surface area contributed by atoms with Gasteiger partial charge in [0.2, 0.25) is 0 Å². The molecular weight excluding hydrogens is 235 g/mol. The van der Waals surface area contributed by atoms with Crippen molar-refractivity contribution < 1.29 is 0 Å². The molecule has 0 aromatic carbocycles. The fourth-order valence-electron chi connectivity index (χ4n) is 1.42. The third-order valence-corrected chi connectivity index (χ3v) is 4.92. The van der Waals surface area contributed by atoms with Gasteiger partial charge in [0.25, 0.3) is 0 Å². The molecule has 0 aromatic rings. The van der Waals surface area contributed by atoms with E-state index in [1.54, 1.807) is 0 Å². The Morgan fingerprint density at radius 2 is 2.33 bits per heavy atom. The molecule has 0 aromatic heterocycles. The van der Waals surface area contributed by atoms with Crippen LogP contribution in [0.1, 0.15) is 20.3 Å². The van der Waals surface area contributed by atoms with Crippen LogP contribution in [0.3, 0.4) is 0 Å². The molecule has 2 atom stereocenters. The summed E-state index contributed by atoms with van der Waals surface area (Å²) in [7, 11) is 0. The number of allylic oxidation sites excluding steroid dienone is 3. The van der Waals surface area contributed by atoms with Gasteiger partial charge in [-0.1, -0.05) is 48.5 Å². The molecule has 0 fully saturated rings. The molecule has 12 heavy (non-hydrogen) atoms. The van der Waals surface area contributed by atoms with Crippen molar-refractivity contribution in [1.29, 1.82) is 0 Å². The second kappa shape index (κ2) is 3.55. The van der Waals surface area contributed by atoms with Gasteiger partial charge in [0.15, 0.2) is 0 Å². The average molecular weight is 250 g/mol. The van der Waals surface area contributed by atoms with Crippen molar-refractivity contribution in [1.82, 2.24) is 0 Å². The van der Waals surface area contributed by atoms with Crippen molar-refractivity contribution in [3.63, 3.8) is 0 Å². The Bertz CT molecular complexity index is 218. The second-order valence-corrected chi connectivity index (χ2v) is 5.34. The average Bonchev–Trinajstić information content (AvgIpc) is 2.02. The van der Waals surface area contributed by atoms with Crippen LogP contribution in [0.25, 0.3) is 0 Å². The number of hydrogen-bond donors (Lipinski definition) is 0. The monoisotopic (exact) mass is 248 g/mol. The largest absolute Gasteiger partial charge is 0.117 e. The summed E-state index contributed by atoms with van der Waals surface area (Å²) in [6, 6.07) is 0. The second-order valence-electron chi connectivity index (χ2n) is 3.80. The maximum Gasteiger partial charge on any atom is 0.0643 e. The van der Waals surface area contributed by atoms with Gasteiger partial charge < -0.3 is 0 Å². The Labute approximate surface area is 87.8 Å². The first-order valence-corrected chi connectivity index (χ1v) is 5.46. The minimum atomic E-state index is 0.0770. The van der Waals surface area contributed by atoms with E-state index >= 15 is 0 Å². The summed E-state index contributed by atoms with van der Waals surface area (Å²) in [6.07, 6.45) is 5.06. The first-order chi connectivity index (χ1) is 5.50. The lowest BCUT2D eigenvalue weighted by Crippen LogP contribution is -2.37. The third kappa shape index (κ3) is 1.62. The van der Waals surface area contributed by atoms with Crippen LogP contribution in [0.2, 0.25) is 0 Å². The van der Waals surface area contributed by atoms with Crippen LogP contribution in [-0.4, -0.2) is 10.2 Å². The van der Waals surface area contributed by atoms with Gasteiger partial charge in [-0.05, 0) is 17.4 Å². The summed E-state index contributed by atoms with van der Waals surface area (Å²) in [5.41, 5.74) is 1.28. The minimum Gasteiger partial charge on any atom is -0.117 e. The Hall–Kier alpha value is 0.250. The van der Waals surface area contributed by atoms with Crippen LogP contribution >= 0.6 is 27.5 Å². The highest BCUT2D eigenvalue weighted by Gasteiger charge is 2.38.